The molecule has 4 heteroatoms. The van der Waals surface area contributed by atoms with Gasteiger partial charge in [0.1, 0.15) is 0 Å². The van der Waals surface area contributed by atoms with Gasteiger partial charge >= 0.3 is 0 Å². The molecule has 0 unspecified atom stereocenters. The molecule has 2 aromatic carbocycles. The number of aryl methyl sites for hydroxylation is 2. The Balaban J connectivity index is 1.63. The molecule has 0 atom stereocenters. The van der Waals surface area contributed by atoms with E-state index < -0.39 is 0 Å². The van der Waals surface area contributed by atoms with E-state index in [4.69, 9.17) is 0 Å². The Kier molecular flexibility index (Phi) is 5.71. The number of carbonyl (C=O) groups is 2. The van der Waals surface area contributed by atoms with Crippen molar-refractivity contribution in [2.75, 3.05) is 5.32 Å². The number of hydrogen-bond donors (Lipinski definition) is 2. The third kappa shape index (κ3) is 4.51. The Labute approximate surface area is 155 Å². The van der Waals surface area contributed by atoms with Crippen LogP contribution in [0.1, 0.15) is 63.9 Å². The largest absolute Gasteiger partial charge is 0.349 e. The average Bonchev–Trinajstić information content (AvgIpc) is 2.65. The maximum Gasteiger partial charge on any atom is 0.255 e. The summed E-state index contributed by atoms with van der Waals surface area (Å²) in [6, 6.07) is 13.1. The second-order valence-electron chi connectivity index (χ2n) is 7.16. The van der Waals surface area contributed by atoms with Crippen molar-refractivity contribution in [3.8, 4) is 0 Å². The van der Waals surface area contributed by atoms with Crippen molar-refractivity contribution < 1.29 is 9.59 Å². The molecule has 0 aliphatic heterocycles. The van der Waals surface area contributed by atoms with E-state index in [1.54, 1.807) is 24.3 Å². The van der Waals surface area contributed by atoms with Crippen molar-refractivity contribution in [1.29, 1.82) is 0 Å². The molecule has 0 spiro atoms. The third-order valence-corrected chi connectivity index (χ3v) is 4.99. The fraction of sp³-hybridized carbons (Fsp3) is 0.364. The number of hydrogen-bond acceptors (Lipinski definition) is 2. The van der Waals surface area contributed by atoms with Crippen molar-refractivity contribution >= 4 is 17.5 Å². The van der Waals surface area contributed by atoms with Crippen LogP contribution in [0.5, 0.6) is 0 Å². The van der Waals surface area contributed by atoms with E-state index in [-0.39, 0.29) is 17.9 Å². The molecule has 2 N–H and O–H groups in total. The summed E-state index contributed by atoms with van der Waals surface area (Å²) in [5.74, 6) is -0.226. The summed E-state index contributed by atoms with van der Waals surface area (Å²) in [6.07, 6.45) is 5.74. The molecule has 1 fully saturated rings. The van der Waals surface area contributed by atoms with E-state index in [1.165, 1.54) is 19.3 Å². The van der Waals surface area contributed by atoms with Gasteiger partial charge in [0.25, 0.3) is 11.8 Å². The summed E-state index contributed by atoms with van der Waals surface area (Å²) in [6.45, 7) is 3.96. The number of carbonyl (C=O) groups excluding carboxylic acids is 2. The molecule has 3 rings (SSSR count). The molecule has 26 heavy (non-hydrogen) atoms. The van der Waals surface area contributed by atoms with Crippen molar-refractivity contribution in [2.45, 2.75) is 52.0 Å². The standard InChI is InChI=1S/C22H26N2O2/c1-15-8-9-16(2)20(14-15)24-22(26)18-12-10-17(11-13-18)21(25)23-19-6-4-3-5-7-19/h8-14,19H,3-7H2,1-2H3,(H,23,25)(H,24,26). The lowest BCUT2D eigenvalue weighted by Gasteiger charge is -2.22. The average molecular weight is 350 g/mol. The molecule has 1 aliphatic rings. The first-order valence-corrected chi connectivity index (χ1v) is 9.32. The predicted octanol–water partition coefficient (Wildman–Crippen LogP) is 4.62. The van der Waals surface area contributed by atoms with Crippen LogP contribution in [0.15, 0.2) is 42.5 Å². The fourth-order valence-corrected chi connectivity index (χ4v) is 3.35. The summed E-state index contributed by atoms with van der Waals surface area (Å²) in [4.78, 5) is 24.8. The maximum absolute atomic E-state index is 12.5. The summed E-state index contributed by atoms with van der Waals surface area (Å²) >= 11 is 0. The van der Waals surface area contributed by atoms with E-state index in [2.05, 4.69) is 10.6 Å². The Morgan fingerprint density at radius 1 is 0.846 bits per heavy atom. The molecule has 0 radical (unpaired) electrons. The van der Waals surface area contributed by atoms with Crippen LogP contribution in [0.4, 0.5) is 5.69 Å². The minimum absolute atomic E-state index is 0.0570. The highest BCUT2D eigenvalue weighted by Gasteiger charge is 2.17. The van der Waals surface area contributed by atoms with E-state index >= 15 is 0 Å². The van der Waals surface area contributed by atoms with Crippen LogP contribution in [0.2, 0.25) is 0 Å². The topological polar surface area (TPSA) is 58.2 Å². The van der Waals surface area contributed by atoms with Gasteiger partial charge in [-0.3, -0.25) is 9.59 Å². The second-order valence-corrected chi connectivity index (χ2v) is 7.16. The van der Waals surface area contributed by atoms with E-state index in [1.807, 2.05) is 32.0 Å². The summed E-state index contributed by atoms with van der Waals surface area (Å²) in [5.41, 5.74) is 4.07. The zero-order chi connectivity index (χ0) is 18.5. The van der Waals surface area contributed by atoms with Crippen LogP contribution in [-0.2, 0) is 0 Å². The highest BCUT2D eigenvalue weighted by atomic mass is 16.2. The maximum atomic E-state index is 12.5. The van der Waals surface area contributed by atoms with Crippen LogP contribution in [0, 0.1) is 13.8 Å². The van der Waals surface area contributed by atoms with Gasteiger partial charge in [-0.2, -0.15) is 0 Å². The van der Waals surface area contributed by atoms with Crippen molar-refractivity contribution in [3.05, 3.63) is 64.7 Å². The number of amides is 2. The van der Waals surface area contributed by atoms with Crippen LogP contribution in [-0.4, -0.2) is 17.9 Å². The zero-order valence-corrected chi connectivity index (χ0v) is 15.5. The van der Waals surface area contributed by atoms with Crippen LogP contribution in [0.25, 0.3) is 0 Å². The lowest BCUT2D eigenvalue weighted by Crippen LogP contribution is -2.36. The smallest absolute Gasteiger partial charge is 0.255 e. The van der Waals surface area contributed by atoms with Gasteiger partial charge in [0, 0.05) is 22.9 Å². The number of rotatable bonds is 4. The first-order chi connectivity index (χ1) is 12.5. The SMILES string of the molecule is Cc1ccc(C)c(NC(=O)c2ccc(C(=O)NC3CCCCC3)cc2)c1. The number of anilines is 1. The highest BCUT2D eigenvalue weighted by Crippen LogP contribution is 2.19. The summed E-state index contributed by atoms with van der Waals surface area (Å²) < 4.78 is 0. The van der Waals surface area contributed by atoms with Crippen LogP contribution >= 0.6 is 0 Å². The van der Waals surface area contributed by atoms with Gasteiger partial charge in [-0.1, -0.05) is 31.4 Å². The van der Waals surface area contributed by atoms with Crippen molar-refractivity contribution in [2.24, 2.45) is 0 Å². The predicted molar refractivity (Wildman–Crippen MR) is 105 cm³/mol. The molecular weight excluding hydrogens is 324 g/mol. The Hall–Kier alpha value is -2.62. The molecular formula is C22H26N2O2. The van der Waals surface area contributed by atoms with Gasteiger partial charge in [0.15, 0.2) is 0 Å². The van der Waals surface area contributed by atoms with Gasteiger partial charge in [-0.05, 0) is 68.1 Å². The van der Waals surface area contributed by atoms with Gasteiger partial charge in [0.05, 0.1) is 0 Å². The van der Waals surface area contributed by atoms with Gasteiger partial charge < -0.3 is 10.6 Å². The Bertz CT molecular complexity index is 790. The molecule has 1 saturated carbocycles. The molecule has 0 heterocycles. The van der Waals surface area contributed by atoms with Gasteiger partial charge in [-0.25, -0.2) is 0 Å². The highest BCUT2D eigenvalue weighted by molar-refractivity contribution is 6.05. The minimum atomic E-state index is -0.169. The summed E-state index contributed by atoms with van der Waals surface area (Å²) in [7, 11) is 0. The van der Waals surface area contributed by atoms with E-state index in [9.17, 15) is 9.59 Å². The number of benzene rings is 2. The monoisotopic (exact) mass is 350 g/mol. The molecule has 4 nitrogen and oxygen atoms in total. The van der Waals surface area contributed by atoms with Crippen molar-refractivity contribution in [1.82, 2.24) is 5.32 Å². The first kappa shape index (κ1) is 18.2. The third-order valence-electron chi connectivity index (χ3n) is 4.99. The first-order valence-electron chi connectivity index (χ1n) is 9.32. The Morgan fingerprint density at radius 3 is 2.12 bits per heavy atom. The summed E-state index contributed by atoms with van der Waals surface area (Å²) in [5, 5.41) is 6.04. The molecule has 1 aliphatic carbocycles. The Morgan fingerprint density at radius 2 is 1.46 bits per heavy atom. The fourth-order valence-electron chi connectivity index (χ4n) is 3.35. The van der Waals surface area contributed by atoms with Crippen LogP contribution in [0.3, 0.4) is 0 Å². The number of nitrogens with one attached hydrogen (secondary N) is 2. The molecule has 0 aromatic heterocycles. The van der Waals surface area contributed by atoms with Crippen LogP contribution < -0.4 is 10.6 Å². The molecule has 136 valence electrons. The van der Waals surface area contributed by atoms with E-state index in [0.29, 0.717) is 11.1 Å². The zero-order valence-electron chi connectivity index (χ0n) is 15.5. The molecule has 2 aromatic rings. The second kappa shape index (κ2) is 8.17. The lowest BCUT2D eigenvalue weighted by molar-refractivity contribution is 0.0926. The minimum Gasteiger partial charge on any atom is -0.349 e. The van der Waals surface area contributed by atoms with Gasteiger partial charge in [0.2, 0.25) is 0 Å². The van der Waals surface area contributed by atoms with E-state index in [0.717, 1.165) is 29.7 Å². The quantitative estimate of drug-likeness (QED) is 0.845. The van der Waals surface area contributed by atoms with Crippen molar-refractivity contribution in [3.63, 3.8) is 0 Å². The molecule has 0 saturated heterocycles. The lowest BCUT2D eigenvalue weighted by atomic mass is 9.95. The molecule has 2 amide bonds. The molecule has 0 bridgehead atoms. The van der Waals surface area contributed by atoms with Gasteiger partial charge in [-0.15, -0.1) is 0 Å². The normalized spacial score (nSPS) is 14.7.